The van der Waals surface area contributed by atoms with Crippen LogP contribution in [-0.2, 0) is 32.0 Å². The summed E-state index contributed by atoms with van der Waals surface area (Å²) in [6.45, 7) is 5.51. The number of ether oxygens (including phenoxy) is 3. The lowest BCUT2D eigenvalue weighted by molar-refractivity contribution is -0.144. The number of aryl methyl sites for hydroxylation is 2. The summed E-state index contributed by atoms with van der Waals surface area (Å²) >= 11 is 0. The number of hydrogen-bond acceptors (Lipinski definition) is 8. The zero-order valence-corrected chi connectivity index (χ0v) is 16.9. The van der Waals surface area contributed by atoms with Crippen LogP contribution < -0.4 is 5.63 Å². The lowest BCUT2D eigenvalue weighted by atomic mass is 9.98. The average molecular weight is 405 g/mol. The smallest absolute Gasteiger partial charge is 0.336 e. The number of rotatable bonds is 8. The summed E-state index contributed by atoms with van der Waals surface area (Å²) in [5.41, 5.74) is 1.90. The van der Waals surface area contributed by atoms with Crippen LogP contribution in [0.2, 0.25) is 0 Å². The van der Waals surface area contributed by atoms with Gasteiger partial charge < -0.3 is 23.7 Å². The number of nitrogens with zero attached hydrogens (tertiary/aromatic N) is 1. The van der Waals surface area contributed by atoms with Gasteiger partial charge in [-0.05, 0) is 30.5 Å². The number of morpholine rings is 1. The van der Waals surface area contributed by atoms with Crippen LogP contribution in [0.1, 0.15) is 23.1 Å². The Hall–Kier alpha value is -2.42. The molecule has 2 heterocycles. The summed E-state index contributed by atoms with van der Waals surface area (Å²) in [5, 5.41) is 11.7. The monoisotopic (exact) mass is 405 g/mol. The Morgan fingerprint density at radius 2 is 2.00 bits per heavy atom. The van der Waals surface area contributed by atoms with E-state index in [0.29, 0.717) is 49.5 Å². The van der Waals surface area contributed by atoms with Gasteiger partial charge in [0.15, 0.2) is 0 Å². The molecule has 3 rings (SSSR count). The number of esters is 1. The van der Waals surface area contributed by atoms with Crippen LogP contribution in [0.15, 0.2) is 21.3 Å². The summed E-state index contributed by atoms with van der Waals surface area (Å²) in [6, 6.07) is 3.22. The van der Waals surface area contributed by atoms with Crippen molar-refractivity contribution in [2.75, 3.05) is 46.6 Å². The number of carbonyl (C=O) groups excluding carboxylic acids is 1. The number of phenolic OH excluding ortho intramolecular Hbond substituents is 1. The Balaban J connectivity index is 1.90. The Morgan fingerprint density at radius 3 is 2.72 bits per heavy atom. The van der Waals surface area contributed by atoms with E-state index in [1.165, 1.54) is 13.2 Å². The first-order chi connectivity index (χ1) is 14.0. The lowest BCUT2D eigenvalue weighted by Gasteiger charge is -2.27. The fourth-order valence-corrected chi connectivity index (χ4v) is 3.43. The molecular formula is C21H27NO7. The van der Waals surface area contributed by atoms with Gasteiger partial charge in [0.25, 0.3) is 0 Å². The molecule has 0 amide bonds. The number of carbonyl (C=O) groups is 1. The third-order valence-corrected chi connectivity index (χ3v) is 5.02. The first kappa shape index (κ1) is 21.3. The van der Waals surface area contributed by atoms with Gasteiger partial charge in [0, 0.05) is 44.6 Å². The number of fused-ring (bicyclic) bond motifs is 1. The molecule has 1 N–H and O–H groups in total. The molecule has 0 atom stereocenters. The van der Waals surface area contributed by atoms with Gasteiger partial charge in [0.1, 0.15) is 17.9 Å². The van der Waals surface area contributed by atoms with Crippen molar-refractivity contribution in [3.05, 3.63) is 39.2 Å². The summed E-state index contributed by atoms with van der Waals surface area (Å²) in [5.74, 6) is -0.296. The molecule has 2 aromatic rings. The van der Waals surface area contributed by atoms with E-state index in [9.17, 15) is 14.7 Å². The van der Waals surface area contributed by atoms with Crippen molar-refractivity contribution >= 4 is 16.9 Å². The molecule has 1 aliphatic heterocycles. The van der Waals surface area contributed by atoms with Crippen molar-refractivity contribution in [1.82, 2.24) is 4.90 Å². The van der Waals surface area contributed by atoms with Crippen molar-refractivity contribution in [2.45, 2.75) is 26.3 Å². The average Bonchev–Trinajstić information content (AvgIpc) is 2.70. The van der Waals surface area contributed by atoms with Crippen LogP contribution in [-0.4, -0.2) is 62.6 Å². The Kier molecular flexibility index (Phi) is 7.24. The minimum absolute atomic E-state index is 0.0578. The SMILES string of the molecule is COCCOC(=O)CCc1cc2c(C)cc(=O)oc2c(CN2CCOCC2)c1O. The van der Waals surface area contributed by atoms with Gasteiger partial charge in [-0.3, -0.25) is 9.69 Å². The van der Waals surface area contributed by atoms with Gasteiger partial charge in [0.05, 0.1) is 25.4 Å². The molecule has 0 unspecified atom stereocenters. The normalized spacial score (nSPS) is 15.0. The summed E-state index contributed by atoms with van der Waals surface area (Å²) in [6.07, 6.45) is 0.456. The molecule has 1 aromatic carbocycles. The van der Waals surface area contributed by atoms with E-state index >= 15 is 0 Å². The zero-order chi connectivity index (χ0) is 20.8. The predicted octanol–water partition coefficient (Wildman–Crippen LogP) is 1.76. The molecule has 8 nitrogen and oxygen atoms in total. The molecule has 158 valence electrons. The van der Waals surface area contributed by atoms with Crippen LogP contribution in [0.4, 0.5) is 0 Å². The number of methoxy groups -OCH3 is 1. The zero-order valence-electron chi connectivity index (χ0n) is 16.9. The Morgan fingerprint density at radius 1 is 1.24 bits per heavy atom. The maximum Gasteiger partial charge on any atom is 0.336 e. The highest BCUT2D eigenvalue weighted by molar-refractivity contribution is 5.86. The molecule has 8 heteroatoms. The molecule has 29 heavy (non-hydrogen) atoms. The Labute approximate surface area is 169 Å². The molecular weight excluding hydrogens is 378 g/mol. The van der Waals surface area contributed by atoms with Gasteiger partial charge in [-0.25, -0.2) is 4.79 Å². The van der Waals surface area contributed by atoms with E-state index in [4.69, 9.17) is 18.6 Å². The van der Waals surface area contributed by atoms with Crippen LogP contribution in [0.5, 0.6) is 5.75 Å². The van der Waals surface area contributed by atoms with Gasteiger partial charge >= 0.3 is 11.6 Å². The van der Waals surface area contributed by atoms with Crippen LogP contribution in [0, 0.1) is 6.92 Å². The minimum atomic E-state index is -0.452. The molecule has 0 saturated carbocycles. The molecule has 1 aliphatic rings. The number of benzene rings is 1. The van der Waals surface area contributed by atoms with E-state index < -0.39 is 5.63 Å². The van der Waals surface area contributed by atoms with Gasteiger partial charge in [-0.2, -0.15) is 0 Å². The second kappa shape index (κ2) is 9.87. The van der Waals surface area contributed by atoms with Crippen LogP contribution >= 0.6 is 0 Å². The van der Waals surface area contributed by atoms with Crippen molar-refractivity contribution in [2.24, 2.45) is 0 Å². The molecule has 1 fully saturated rings. The minimum Gasteiger partial charge on any atom is -0.507 e. The van der Waals surface area contributed by atoms with Crippen LogP contribution in [0.25, 0.3) is 11.0 Å². The predicted molar refractivity (Wildman–Crippen MR) is 106 cm³/mol. The van der Waals surface area contributed by atoms with Crippen molar-refractivity contribution < 1.29 is 28.5 Å². The summed E-state index contributed by atoms with van der Waals surface area (Å²) in [4.78, 5) is 26.0. The van der Waals surface area contributed by atoms with E-state index in [1.807, 2.05) is 6.92 Å². The second-order valence-corrected chi connectivity index (χ2v) is 7.09. The standard InChI is InChI=1S/C21H27NO7/c1-14-11-19(24)29-21-16(14)12-15(3-4-18(23)28-10-9-26-2)20(25)17(21)13-22-5-7-27-8-6-22/h11-12,25H,3-10,13H2,1-2H3. The van der Waals surface area contributed by atoms with E-state index in [-0.39, 0.29) is 24.7 Å². The molecule has 0 radical (unpaired) electrons. The lowest BCUT2D eigenvalue weighted by Crippen LogP contribution is -2.35. The molecule has 1 saturated heterocycles. The number of aromatic hydroxyl groups is 1. The van der Waals surface area contributed by atoms with E-state index in [1.54, 1.807) is 6.07 Å². The van der Waals surface area contributed by atoms with Crippen LogP contribution in [0.3, 0.4) is 0 Å². The first-order valence-corrected chi connectivity index (χ1v) is 9.72. The molecule has 0 spiro atoms. The number of hydrogen-bond donors (Lipinski definition) is 1. The first-order valence-electron chi connectivity index (χ1n) is 9.72. The van der Waals surface area contributed by atoms with Crippen molar-refractivity contribution in [3.8, 4) is 5.75 Å². The van der Waals surface area contributed by atoms with Crippen molar-refractivity contribution in [1.29, 1.82) is 0 Å². The van der Waals surface area contributed by atoms with E-state index in [2.05, 4.69) is 4.90 Å². The number of phenols is 1. The summed E-state index contributed by atoms with van der Waals surface area (Å²) in [7, 11) is 1.54. The second-order valence-electron chi connectivity index (χ2n) is 7.09. The third kappa shape index (κ3) is 5.35. The van der Waals surface area contributed by atoms with E-state index in [0.717, 1.165) is 24.0 Å². The fraction of sp³-hybridized carbons (Fsp3) is 0.524. The Bertz CT molecular complexity index is 915. The molecule has 1 aromatic heterocycles. The maximum atomic E-state index is 11.9. The highest BCUT2D eigenvalue weighted by Gasteiger charge is 2.21. The van der Waals surface area contributed by atoms with Gasteiger partial charge in [0.2, 0.25) is 0 Å². The highest BCUT2D eigenvalue weighted by Crippen LogP contribution is 2.34. The fourth-order valence-electron chi connectivity index (χ4n) is 3.43. The molecule has 0 bridgehead atoms. The third-order valence-electron chi connectivity index (χ3n) is 5.02. The molecule has 0 aliphatic carbocycles. The van der Waals surface area contributed by atoms with Gasteiger partial charge in [-0.1, -0.05) is 0 Å². The summed E-state index contributed by atoms with van der Waals surface area (Å²) < 4.78 is 20.8. The maximum absolute atomic E-state index is 11.9. The topological polar surface area (TPSA) is 98.4 Å². The highest BCUT2D eigenvalue weighted by atomic mass is 16.6. The van der Waals surface area contributed by atoms with Gasteiger partial charge in [-0.15, -0.1) is 0 Å². The largest absolute Gasteiger partial charge is 0.507 e. The van der Waals surface area contributed by atoms with Crippen molar-refractivity contribution in [3.63, 3.8) is 0 Å². The quantitative estimate of drug-likeness (QED) is 0.403.